The van der Waals surface area contributed by atoms with Crippen LogP contribution in [0.15, 0.2) is 50.8 Å². The van der Waals surface area contributed by atoms with Gasteiger partial charge in [-0.15, -0.1) is 0 Å². The molecule has 0 unspecified atom stereocenters. The minimum absolute atomic E-state index is 0.00492. The normalized spacial score (nSPS) is 11.1. The van der Waals surface area contributed by atoms with Crippen molar-refractivity contribution in [2.45, 2.75) is 61.2 Å². The fraction of sp³-hybridized carbons (Fsp3) is 0.364. The highest BCUT2D eigenvalue weighted by molar-refractivity contribution is 5.45. The van der Waals surface area contributed by atoms with Crippen LogP contribution in [0.4, 0.5) is 0 Å². The zero-order valence-corrected chi connectivity index (χ0v) is 25.9. The molecule has 0 amide bonds. The molecule has 3 aromatic carbocycles. The first-order chi connectivity index (χ1) is 19.9. The van der Waals surface area contributed by atoms with Crippen LogP contribution >= 0.6 is 0 Å². The second kappa shape index (κ2) is 12.1. The highest BCUT2D eigenvalue weighted by atomic mass is 16.5. The number of methoxy groups -OCH3 is 3. The molecule has 4 rings (SSSR count). The molecule has 1 heterocycles. The average molecular weight is 574 g/mol. The standard InChI is InChI=1S/C33H39N3O6/c1-19-10-25(11-20(2)28(19)40-7)16-34-31(37)35(17-26-12-21(3)29(41-8)22(4)13-26)33(39)36(32(34)38)18-27-14-23(5)30(42-9)24(6)15-27/h10-15H,16-18H2,1-9H3. The first-order valence-corrected chi connectivity index (χ1v) is 13.8. The summed E-state index contributed by atoms with van der Waals surface area (Å²) in [5, 5.41) is 0. The number of benzene rings is 3. The summed E-state index contributed by atoms with van der Waals surface area (Å²) >= 11 is 0. The summed E-state index contributed by atoms with van der Waals surface area (Å²) in [6, 6.07) is 11.4. The van der Waals surface area contributed by atoms with E-state index in [-0.39, 0.29) is 19.6 Å². The third-order valence-electron chi connectivity index (χ3n) is 7.58. The van der Waals surface area contributed by atoms with Crippen molar-refractivity contribution in [3.8, 4) is 17.2 Å². The molecule has 0 fully saturated rings. The molecule has 0 aliphatic carbocycles. The monoisotopic (exact) mass is 573 g/mol. The average Bonchev–Trinajstić information content (AvgIpc) is 2.91. The Labute approximate surface area is 245 Å². The Balaban J connectivity index is 1.91. The summed E-state index contributed by atoms with van der Waals surface area (Å²) in [7, 11) is 4.83. The summed E-state index contributed by atoms with van der Waals surface area (Å²) in [6.45, 7) is 11.5. The van der Waals surface area contributed by atoms with Crippen molar-refractivity contribution in [1.29, 1.82) is 0 Å². The summed E-state index contributed by atoms with van der Waals surface area (Å²) in [6.07, 6.45) is 0. The molecule has 0 saturated heterocycles. The highest BCUT2D eigenvalue weighted by Gasteiger charge is 2.19. The van der Waals surface area contributed by atoms with Crippen molar-refractivity contribution in [3.05, 3.63) is 118 Å². The Kier molecular flexibility index (Phi) is 8.80. The van der Waals surface area contributed by atoms with Crippen LogP contribution in [0.25, 0.3) is 0 Å². The van der Waals surface area contributed by atoms with E-state index in [4.69, 9.17) is 14.2 Å². The van der Waals surface area contributed by atoms with Gasteiger partial charge in [-0.05, 0) is 91.6 Å². The van der Waals surface area contributed by atoms with Gasteiger partial charge in [-0.1, -0.05) is 36.4 Å². The number of hydrogen-bond donors (Lipinski definition) is 0. The fourth-order valence-electron chi connectivity index (χ4n) is 6.00. The first-order valence-electron chi connectivity index (χ1n) is 13.8. The summed E-state index contributed by atoms with van der Waals surface area (Å²) < 4.78 is 19.9. The van der Waals surface area contributed by atoms with Crippen LogP contribution in [0.5, 0.6) is 17.2 Å². The SMILES string of the molecule is COc1c(C)cc(Cn2c(=O)n(Cc3cc(C)c(OC)c(C)c3)c(=O)n(Cc3cc(C)c(OC)c(C)c3)c2=O)cc1C. The largest absolute Gasteiger partial charge is 0.496 e. The first kappa shape index (κ1) is 30.4. The second-order valence-corrected chi connectivity index (χ2v) is 10.9. The zero-order chi connectivity index (χ0) is 30.9. The van der Waals surface area contributed by atoms with Gasteiger partial charge in [0.1, 0.15) is 17.2 Å². The molecule has 0 saturated carbocycles. The topological polar surface area (TPSA) is 93.7 Å². The maximum absolute atomic E-state index is 13.8. The Morgan fingerprint density at radius 1 is 0.429 bits per heavy atom. The predicted molar refractivity (Wildman–Crippen MR) is 164 cm³/mol. The van der Waals surface area contributed by atoms with Gasteiger partial charge in [0.2, 0.25) is 0 Å². The summed E-state index contributed by atoms with van der Waals surface area (Å²) in [5.74, 6) is 2.26. The lowest BCUT2D eigenvalue weighted by Gasteiger charge is -2.17. The molecule has 0 bridgehead atoms. The molecule has 0 aliphatic rings. The van der Waals surface area contributed by atoms with E-state index in [0.29, 0.717) is 0 Å². The van der Waals surface area contributed by atoms with Crippen LogP contribution in [0, 0.1) is 41.5 Å². The zero-order valence-electron chi connectivity index (χ0n) is 25.9. The van der Waals surface area contributed by atoms with Crippen LogP contribution in [0.2, 0.25) is 0 Å². The third kappa shape index (κ3) is 5.77. The molecule has 0 atom stereocenters. The number of ether oxygens (including phenoxy) is 3. The van der Waals surface area contributed by atoms with E-state index in [1.165, 1.54) is 0 Å². The van der Waals surface area contributed by atoms with Gasteiger partial charge in [0.15, 0.2) is 0 Å². The van der Waals surface area contributed by atoms with E-state index in [2.05, 4.69) is 0 Å². The van der Waals surface area contributed by atoms with Crippen molar-refractivity contribution in [1.82, 2.24) is 13.7 Å². The maximum Gasteiger partial charge on any atom is 0.336 e. The molecule has 0 aliphatic heterocycles. The lowest BCUT2D eigenvalue weighted by molar-refractivity contribution is 0.408. The Morgan fingerprint density at radius 2 is 0.619 bits per heavy atom. The molecule has 0 radical (unpaired) electrons. The number of aromatic nitrogens is 3. The van der Waals surface area contributed by atoms with Crippen molar-refractivity contribution >= 4 is 0 Å². The van der Waals surface area contributed by atoms with Crippen LogP contribution in [0.1, 0.15) is 50.1 Å². The Morgan fingerprint density at radius 3 is 0.786 bits per heavy atom. The lowest BCUT2D eigenvalue weighted by atomic mass is 10.1. The van der Waals surface area contributed by atoms with Crippen LogP contribution in [-0.2, 0) is 19.6 Å². The van der Waals surface area contributed by atoms with Crippen LogP contribution < -0.4 is 31.3 Å². The molecule has 222 valence electrons. The highest BCUT2D eigenvalue weighted by Crippen LogP contribution is 2.26. The predicted octanol–water partition coefficient (Wildman–Crippen LogP) is 4.19. The number of rotatable bonds is 9. The molecule has 9 nitrogen and oxygen atoms in total. The second-order valence-electron chi connectivity index (χ2n) is 10.9. The van der Waals surface area contributed by atoms with Gasteiger partial charge >= 0.3 is 17.1 Å². The van der Waals surface area contributed by atoms with Gasteiger partial charge in [0.05, 0.1) is 41.0 Å². The van der Waals surface area contributed by atoms with Gasteiger partial charge in [0, 0.05) is 0 Å². The molecular weight excluding hydrogens is 534 g/mol. The molecule has 1 aromatic heterocycles. The van der Waals surface area contributed by atoms with Gasteiger partial charge < -0.3 is 14.2 Å². The molecule has 9 heteroatoms. The molecule has 0 spiro atoms. The lowest BCUT2D eigenvalue weighted by Crippen LogP contribution is -2.54. The number of nitrogens with zero attached hydrogens (tertiary/aromatic N) is 3. The van der Waals surface area contributed by atoms with E-state index < -0.39 is 17.1 Å². The molecule has 4 aromatic rings. The fourth-order valence-corrected chi connectivity index (χ4v) is 6.00. The van der Waals surface area contributed by atoms with Gasteiger partial charge in [0.25, 0.3) is 0 Å². The summed E-state index contributed by atoms with van der Waals surface area (Å²) in [4.78, 5) is 41.5. The maximum atomic E-state index is 13.8. The quantitative estimate of drug-likeness (QED) is 0.298. The van der Waals surface area contributed by atoms with E-state index >= 15 is 0 Å². The Bertz CT molecular complexity index is 1530. The third-order valence-corrected chi connectivity index (χ3v) is 7.58. The molecule has 42 heavy (non-hydrogen) atoms. The molecular formula is C33H39N3O6. The van der Waals surface area contributed by atoms with Gasteiger partial charge in [-0.25, -0.2) is 28.1 Å². The van der Waals surface area contributed by atoms with Gasteiger partial charge in [-0.3, -0.25) is 0 Å². The van der Waals surface area contributed by atoms with Crippen LogP contribution in [-0.4, -0.2) is 35.0 Å². The van der Waals surface area contributed by atoms with E-state index in [1.54, 1.807) is 21.3 Å². The van der Waals surface area contributed by atoms with Crippen molar-refractivity contribution in [2.75, 3.05) is 21.3 Å². The number of hydrogen-bond acceptors (Lipinski definition) is 6. The van der Waals surface area contributed by atoms with E-state index in [0.717, 1.165) is 81.0 Å². The van der Waals surface area contributed by atoms with Crippen LogP contribution in [0.3, 0.4) is 0 Å². The molecule has 0 N–H and O–H groups in total. The van der Waals surface area contributed by atoms with Crippen molar-refractivity contribution < 1.29 is 14.2 Å². The minimum Gasteiger partial charge on any atom is -0.496 e. The van der Waals surface area contributed by atoms with Gasteiger partial charge in [-0.2, -0.15) is 0 Å². The van der Waals surface area contributed by atoms with E-state index in [1.807, 2.05) is 77.9 Å². The van der Waals surface area contributed by atoms with E-state index in [9.17, 15) is 14.4 Å². The number of aryl methyl sites for hydroxylation is 6. The Hall–Kier alpha value is -4.53. The van der Waals surface area contributed by atoms with Crippen molar-refractivity contribution in [2.24, 2.45) is 0 Å². The summed E-state index contributed by atoms with van der Waals surface area (Å²) in [5.41, 5.74) is 5.62. The minimum atomic E-state index is -0.666. The smallest absolute Gasteiger partial charge is 0.336 e. The van der Waals surface area contributed by atoms with Crippen molar-refractivity contribution in [3.63, 3.8) is 0 Å².